The first-order valence-corrected chi connectivity index (χ1v) is 43.7. The second-order valence-corrected chi connectivity index (χ2v) is 34.4. The Balaban J connectivity index is 0.000000122. The van der Waals surface area contributed by atoms with Crippen LogP contribution in [0.2, 0.25) is 0 Å². The highest BCUT2D eigenvalue weighted by molar-refractivity contribution is 5.96. The van der Waals surface area contributed by atoms with Crippen LogP contribution in [0.25, 0.3) is 66.2 Å². The minimum atomic E-state index is -0.786. The van der Waals surface area contributed by atoms with Crippen LogP contribution in [0.15, 0.2) is 91.9 Å². The molecule has 0 saturated carbocycles. The highest BCUT2D eigenvalue weighted by Gasteiger charge is 2.35. The van der Waals surface area contributed by atoms with E-state index in [2.05, 4.69) is 90.3 Å². The first-order valence-electron chi connectivity index (χ1n) is 43.7. The van der Waals surface area contributed by atoms with E-state index in [1.165, 1.54) is 68.7 Å². The summed E-state index contributed by atoms with van der Waals surface area (Å²) >= 11 is 0. The number of piperidine rings is 4. The maximum absolute atomic E-state index is 14.4. The lowest BCUT2D eigenvalue weighted by Crippen LogP contribution is -2.35. The van der Waals surface area contributed by atoms with Crippen LogP contribution >= 0.6 is 0 Å². The molecule has 0 bridgehead atoms. The van der Waals surface area contributed by atoms with Gasteiger partial charge in [-0.1, -0.05) is 0 Å². The number of benzene rings is 4. The lowest BCUT2D eigenvalue weighted by atomic mass is 9.97. The maximum atomic E-state index is 14.4. The van der Waals surface area contributed by atoms with Crippen molar-refractivity contribution in [3.05, 3.63) is 156 Å². The summed E-state index contributed by atoms with van der Waals surface area (Å²) in [5.74, 6) is -0.794. The molecule has 4 aliphatic heterocycles. The summed E-state index contributed by atoms with van der Waals surface area (Å²) in [5.41, 5.74) is 31.7. The molecule has 0 spiro atoms. The normalized spacial score (nSPS) is 18.8. The van der Waals surface area contributed by atoms with Gasteiger partial charge >= 0.3 is 0 Å². The largest absolute Gasteiger partial charge is 0.494 e. The monoisotopic (exact) mass is 1810 g/mol. The van der Waals surface area contributed by atoms with E-state index in [-0.39, 0.29) is 116 Å². The van der Waals surface area contributed by atoms with Crippen LogP contribution in [0.3, 0.4) is 0 Å². The predicted molar refractivity (Wildman–Crippen MR) is 480 cm³/mol. The van der Waals surface area contributed by atoms with E-state index in [4.69, 9.17) is 42.4 Å². The molecule has 0 amide bonds. The Hall–Kier alpha value is -13.6. The zero-order chi connectivity index (χ0) is 92.6. The molecule has 4 saturated heterocycles. The van der Waals surface area contributed by atoms with Gasteiger partial charge in [0.05, 0.1) is 138 Å². The van der Waals surface area contributed by atoms with Crippen molar-refractivity contribution in [3.8, 4) is 11.5 Å². The molecule has 16 heterocycles. The van der Waals surface area contributed by atoms with Crippen LogP contribution in [-0.4, -0.2) is 229 Å². The van der Waals surface area contributed by atoms with Crippen molar-refractivity contribution in [1.29, 1.82) is 0 Å². The molecule has 12 N–H and O–H groups in total. The van der Waals surface area contributed by atoms with Gasteiger partial charge in [-0.2, -0.15) is 38.5 Å². The average molecular weight is 1810 g/mol. The highest BCUT2D eigenvalue weighted by Crippen LogP contribution is 2.39. The smallest absolute Gasteiger partial charge is 0.223 e. The minimum Gasteiger partial charge on any atom is -0.494 e. The molecule has 0 unspecified atom stereocenters. The molecule has 0 radical (unpaired) electrons. The number of methoxy groups -OCH3 is 2. The van der Waals surface area contributed by atoms with E-state index >= 15 is 0 Å². The molecule has 20 rings (SSSR count). The number of nitrogens with zero attached hydrogens (tertiary/aromatic N) is 28. The maximum Gasteiger partial charge on any atom is 0.223 e. The Morgan fingerprint density at radius 1 is 0.366 bits per heavy atom. The molecule has 4 fully saturated rings. The Morgan fingerprint density at radius 2 is 0.679 bits per heavy atom. The topological polar surface area (TPSA) is 460 Å². The van der Waals surface area contributed by atoms with Crippen LogP contribution < -0.4 is 52.0 Å². The van der Waals surface area contributed by atoms with E-state index in [0.717, 1.165) is 131 Å². The number of anilines is 8. The molecule has 4 aromatic carbocycles. The second kappa shape index (κ2) is 36.4. The van der Waals surface area contributed by atoms with Gasteiger partial charge in [0.2, 0.25) is 23.8 Å². The number of fused-ring (bicyclic) bond motifs is 12. The van der Waals surface area contributed by atoms with E-state index in [1.807, 2.05) is 70.3 Å². The first-order chi connectivity index (χ1) is 62.8. The number of halogens is 6. The van der Waals surface area contributed by atoms with Crippen molar-refractivity contribution in [2.75, 3.05) is 109 Å². The molecular weight excluding hydrogens is 1700 g/mol. The van der Waals surface area contributed by atoms with Gasteiger partial charge in [0.25, 0.3) is 0 Å². The highest BCUT2D eigenvalue weighted by atomic mass is 19.2. The lowest BCUT2D eigenvalue weighted by Gasteiger charge is -2.33. The first kappa shape index (κ1) is 89.4. The average Bonchev–Trinajstić information content (AvgIpc) is 1.64. The van der Waals surface area contributed by atoms with E-state index in [9.17, 15) is 46.8 Å². The van der Waals surface area contributed by atoms with Gasteiger partial charge in [0.1, 0.15) is 22.7 Å². The summed E-state index contributed by atoms with van der Waals surface area (Å²) in [6, 6.07) is 9.23. The van der Waals surface area contributed by atoms with E-state index < -0.39 is 59.3 Å². The number of aliphatic hydroxyl groups excluding tert-OH is 4. The van der Waals surface area contributed by atoms with Crippen LogP contribution in [0.4, 0.5) is 72.9 Å². The predicted octanol–water partition coefficient (Wildman–Crippen LogP) is 10.7. The van der Waals surface area contributed by atoms with Gasteiger partial charge in [-0.15, -0.1) is 20.4 Å². The van der Waals surface area contributed by atoms with Gasteiger partial charge in [-0.3, -0.25) is 18.7 Å². The molecule has 12 atom stereocenters. The number of hydrogen-bond donors (Lipinski definition) is 8. The van der Waals surface area contributed by atoms with Gasteiger partial charge in [0, 0.05) is 130 Å². The Bertz CT molecular complexity index is 6700. The van der Waals surface area contributed by atoms with Crippen molar-refractivity contribution in [3.63, 3.8) is 0 Å². The molecule has 12 aromatic heterocycles. The number of nitrogen functional groups attached to an aromatic ring is 4. The summed E-state index contributed by atoms with van der Waals surface area (Å²) in [4.78, 5) is 44.5. The molecule has 16 aromatic rings. The van der Waals surface area contributed by atoms with Crippen molar-refractivity contribution in [1.82, 2.24) is 117 Å². The fourth-order valence-electron chi connectivity index (χ4n) is 17.5. The zero-order valence-corrected chi connectivity index (χ0v) is 74.1. The van der Waals surface area contributed by atoms with Gasteiger partial charge in [-0.05, 0) is 138 Å². The zero-order valence-electron chi connectivity index (χ0n) is 74.1. The SMILES string of the molecule is COc1cc2nc(N)n3nc([C@@H]4CCCN(c5cnn([C@@H](C)[C@@H](C)O)c5)C4)nc3c2cc1F.COc1cc2nc(N)n3nc([C@@H]4CCCN(c5cnn([C@H](C)[C@@H](C)O)c5C)C4)nc3c2cc1F.C[C@H](O)[C@H](C)n1cc(N2CCC[C@@H](c3nc4c5cc(F)cc(F)c5nc(N)n4n3)C2)cn1.C[C@H]([C@@H](C)O)n1cc(N2CCC[C@@H](c3nc4c5cc(F)cc(F)c5nc(N)n4n3)C2)cn1. The third-order valence-electron chi connectivity index (χ3n) is 25.6. The Morgan fingerprint density at radius 3 is 1.01 bits per heavy atom. The van der Waals surface area contributed by atoms with Crippen LogP contribution in [-0.2, 0) is 0 Å². The van der Waals surface area contributed by atoms with Crippen molar-refractivity contribution < 1.29 is 56.2 Å². The van der Waals surface area contributed by atoms with Crippen molar-refractivity contribution in [2.24, 2.45) is 0 Å². The Kier molecular flexibility index (Phi) is 24.8. The van der Waals surface area contributed by atoms with Crippen LogP contribution in [0.5, 0.6) is 11.5 Å². The number of aromatic nitrogens is 24. The molecule has 0 aliphatic carbocycles. The van der Waals surface area contributed by atoms with Gasteiger partial charge in [-0.25, -0.2) is 66.2 Å². The van der Waals surface area contributed by atoms with Crippen molar-refractivity contribution >= 4 is 113 Å². The molecule has 38 nitrogen and oxygen atoms in total. The second-order valence-electron chi connectivity index (χ2n) is 34.4. The molecule has 690 valence electrons. The number of aliphatic hydroxyl groups is 4. The van der Waals surface area contributed by atoms with Gasteiger partial charge in [0.15, 0.2) is 80.7 Å². The molecule has 131 heavy (non-hydrogen) atoms. The molecular formula is C87H104F6N32O6. The van der Waals surface area contributed by atoms with Crippen LogP contribution in [0.1, 0.15) is 184 Å². The third-order valence-corrected chi connectivity index (χ3v) is 25.6. The summed E-state index contributed by atoms with van der Waals surface area (Å²) < 4.78 is 108. The molecule has 4 aliphatic rings. The van der Waals surface area contributed by atoms with Gasteiger partial charge < -0.3 is 72.4 Å². The van der Waals surface area contributed by atoms with Crippen molar-refractivity contribution in [2.45, 2.75) is 186 Å². The standard InChI is InChI=1S/C23H29FN8O2.C22H27FN8O2.2C21H24F2N8O/c1-12(14(3)33)31-13(2)19(10-26-31)30-7-5-6-15(11-30)21-28-22-16-8-17(24)20(34-4)9-18(16)27-23(25)32(22)29-21;1-12(13(2)32)30-11-15(9-25-30)29-6-4-5-14(10-29)20-27-21-16-7-17(23)19(33-3)8-18(16)26-22(24)31(21)28-20;2*1-11(12(2)32)30-10-15(8-25-30)29-5-3-4-13(9-29)19-27-20-16-6-14(22)7-17(23)18(16)26-21(24)31(20)28-19/h8-10,12,14-15,33H,5-7,11H2,1-4H3,(H2,25,27);7-9,11-14,32H,4-6,10H2,1-3H3,(H2,24,26);2*6-8,10-13,32H,3-5,9H2,1-2H3,(H2,24,26)/t12-,14-,15-;12-,13+,14+;11-,12-,13+;11-,12-,13-/m1001/s1. The number of nitrogens with two attached hydrogens (primary N) is 4. The fourth-order valence-corrected chi connectivity index (χ4v) is 17.5. The molecule has 44 heteroatoms. The number of hydrogen-bond acceptors (Lipinski definition) is 30. The number of ether oxygens (including phenoxy) is 2. The quantitative estimate of drug-likeness (QED) is 0.0370. The lowest BCUT2D eigenvalue weighted by molar-refractivity contribution is 0.131. The fraction of sp³-hybridized carbons (Fsp3) is 0.448. The summed E-state index contributed by atoms with van der Waals surface area (Å²) in [6.45, 7) is 23.0. The number of rotatable bonds is 18. The Labute approximate surface area is 745 Å². The van der Waals surface area contributed by atoms with Crippen LogP contribution in [0, 0.1) is 41.8 Å². The summed E-state index contributed by atoms with van der Waals surface area (Å²) in [5, 5.41) is 77.1. The minimum absolute atomic E-state index is 0.00203. The third kappa shape index (κ3) is 17.6. The summed E-state index contributed by atoms with van der Waals surface area (Å²) in [7, 11) is 2.82. The summed E-state index contributed by atoms with van der Waals surface area (Å²) in [6.07, 6.45) is 18.5. The van der Waals surface area contributed by atoms with E-state index in [0.29, 0.717) is 69.5 Å². The van der Waals surface area contributed by atoms with E-state index in [1.54, 1.807) is 54.1 Å².